The number of aliphatic hydroxyl groups is 1. The Kier molecular flexibility index (Phi) is 9.14. The molecule has 3 aromatic rings. The Labute approximate surface area is 256 Å². The molecule has 3 aliphatic rings. The minimum Gasteiger partial charge on any atom is -0.453 e. The van der Waals surface area contributed by atoms with Gasteiger partial charge in [0.2, 0.25) is 5.60 Å². The SMILES string of the molecule is F[P-](F)(F)(F)(F)F.O=C(NCC[N+]12CCC(CC1)[C@@H](OC(=O)C(O)(c1ccccc1)c1ccccc1)C2)c1ccc(Br)s1. The van der Waals surface area contributed by atoms with E-state index in [0.717, 1.165) is 40.7 Å². The molecule has 3 saturated heterocycles. The molecule has 0 saturated carbocycles. The van der Waals surface area contributed by atoms with Crippen LogP contribution in [0.1, 0.15) is 33.6 Å². The zero-order chi connectivity index (χ0) is 31.6. The first-order valence-corrected chi connectivity index (χ1v) is 17.0. The first-order valence-electron chi connectivity index (χ1n) is 13.3. The molecule has 6 nitrogen and oxygen atoms in total. The number of quaternary nitrogens is 1. The van der Waals surface area contributed by atoms with E-state index in [1.807, 2.05) is 48.5 Å². The van der Waals surface area contributed by atoms with Gasteiger partial charge < -0.3 is 19.6 Å². The molecule has 2 bridgehead atoms. The number of piperidine rings is 3. The number of rotatable bonds is 8. The van der Waals surface area contributed by atoms with E-state index in [1.165, 1.54) is 11.3 Å². The zero-order valence-electron chi connectivity index (χ0n) is 22.7. The van der Waals surface area contributed by atoms with Crippen molar-refractivity contribution >= 4 is 47.0 Å². The predicted octanol–water partition coefficient (Wildman–Crippen LogP) is 7.71. The Balaban J connectivity index is 0.000000541. The van der Waals surface area contributed by atoms with Crippen LogP contribution in [-0.2, 0) is 15.1 Å². The maximum absolute atomic E-state index is 13.6. The number of hydrogen-bond acceptors (Lipinski definition) is 5. The molecule has 236 valence electrons. The van der Waals surface area contributed by atoms with Crippen LogP contribution < -0.4 is 5.32 Å². The number of nitrogens with one attached hydrogen (secondary N) is 1. The molecule has 0 spiro atoms. The zero-order valence-corrected chi connectivity index (χ0v) is 25.9. The van der Waals surface area contributed by atoms with Crippen molar-refractivity contribution in [2.75, 3.05) is 32.7 Å². The molecule has 2 N–H and O–H groups in total. The first kappa shape index (κ1) is 33.4. The van der Waals surface area contributed by atoms with Gasteiger partial charge in [-0.25, -0.2) is 4.79 Å². The van der Waals surface area contributed by atoms with Crippen molar-refractivity contribution in [3.63, 3.8) is 0 Å². The summed E-state index contributed by atoms with van der Waals surface area (Å²) in [5.74, 6) is -0.397. The van der Waals surface area contributed by atoms with E-state index in [2.05, 4.69) is 21.2 Å². The van der Waals surface area contributed by atoms with Crippen molar-refractivity contribution in [1.29, 1.82) is 0 Å². The topological polar surface area (TPSA) is 75.6 Å². The first-order chi connectivity index (χ1) is 19.8. The van der Waals surface area contributed by atoms with E-state index in [9.17, 15) is 39.9 Å². The molecule has 1 amide bonds. The van der Waals surface area contributed by atoms with Gasteiger partial charge in [-0.3, -0.25) is 4.79 Å². The second kappa shape index (κ2) is 11.8. The molecule has 0 radical (unpaired) electrons. The molecule has 1 atom stereocenters. The molecule has 15 heteroatoms. The summed E-state index contributed by atoms with van der Waals surface area (Å²) >= 11 is 4.82. The van der Waals surface area contributed by atoms with Gasteiger partial charge >= 0.3 is 39.0 Å². The summed E-state index contributed by atoms with van der Waals surface area (Å²) in [7, 11) is -10.7. The Morgan fingerprint density at radius 1 is 0.930 bits per heavy atom. The van der Waals surface area contributed by atoms with Gasteiger partial charge in [0.05, 0.1) is 34.8 Å². The van der Waals surface area contributed by atoms with Crippen LogP contribution in [0, 0.1) is 5.92 Å². The number of fused-ring (bicyclic) bond motifs is 3. The minimum absolute atomic E-state index is 0.0606. The van der Waals surface area contributed by atoms with Crippen LogP contribution in [-0.4, -0.2) is 60.3 Å². The van der Waals surface area contributed by atoms with E-state index in [1.54, 1.807) is 24.3 Å². The third-order valence-electron chi connectivity index (χ3n) is 7.65. The molecule has 3 fully saturated rings. The van der Waals surface area contributed by atoms with E-state index < -0.39 is 19.4 Å². The molecule has 0 aliphatic carbocycles. The van der Waals surface area contributed by atoms with E-state index >= 15 is 0 Å². The van der Waals surface area contributed by atoms with Gasteiger partial charge in [0.15, 0.2) is 6.10 Å². The normalized spacial score (nSPS) is 23.3. The molecule has 2 aromatic carbocycles. The van der Waals surface area contributed by atoms with Crippen LogP contribution in [0.5, 0.6) is 0 Å². The van der Waals surface area contributed by atoms with E-state index in [-0.39, 0.29) is 12.0 Å². The molecular formula is C28H30BrF6N2O4PS. The smallest absolute Gasteiger partial charge is 0.348 e. The van der Waals surface area contributed by atoms with Crippen LogP contribution in [0.4, 0.5) is 25.2 Å². The summed E-state index contributed by atoms with van der Waals surface area (Å²) in [6.45, 7) is 4.09. The quantitative estimate of drug-likeness (QED) is 0.109. The van der Waals surface area contributed by atoms with E-state index in [4.69, 9.17) is 4.74 Å². The van der Waals surface area contributed by atoms with Gasteiger partial charge in [-0.1, -0.05) is 60.7 Å². The fraction of sp³-hybridized carbons (Fsp3) is 0.357. The minimum atomic E-state index is -10.7. The van der Waals surface area contributed by atoms with Crippen molar-refractivity contribution in [2.45, 2.75) is 24.5 Å². The van der Waals surface area contributed by atoms with Crippen LogP contribution in [0.2, 0.25) is 0 Å². The molecule has 1 aromatic heterocycles. The molecule has 6 rings (SSSR count). The van der Waals surface area contributed by atoms with Crippen molar-refractivity contribution in [1.82, 2.24) is 5.32 Å². The standard InChI is InChI=1S/C28H29BrN2O4S.F6P/c29-25-12-11-24(36-25)26(32)30-15-18-31-16-13-20(14-17-31)23(19-31)35-27(33)28(34,21-7-3-1-4-8-21)22-9-5-2-6-10-22;1-7(2,3,4,5)6/h1-12,20,23,34H,13-19H2;/q;-1/p+1/t20?,23-,31?;/m0./s1. The number of benzene rings is 2. The average molecular weight is 715 g/mol. The summed E-state index contributed by atoms with van der Waals surface area (Å²) in [5.41, 5.74) is -0.883. The maximum Gasteiger partial charge on any atom is 0.348 e. The summed E-state index contributed by atoms with van der Waals surface area (Å²) in [5, 5.41) is 14.8. The number of esters is 1. The molecule has 3 aliphatic heterocycles. The molecule has 0 unspecified atom stereocenters. The second-order valence-electron chi connectivity index (χ2n) is 10.7. The second-order valence-corrected chi connectivity index (χ2v) is 15.1. The summed E-state index contributed by atoms with van der Waals surface area (Å²) < 4.78 is 67.1. The van der Waals surface area contributed by atoms with E-state index in [0.29, 0.717) is 35.0 Å². The van der Waals surface area contributed by atoms with Crippen molar-refractivity contribution in [3.05, 3.63) is 92.6 Å². The Morgan fingerprint density at radius 3 is 1.91 bits per heavy atom. The monoisotopic (exact) mass is 714 g/mol. The summed E-state index contributed by atoms with van der Waals surface area (Å²) in [4.78, 5) is 26.8. The summed E-state index contributed by atoms with van der Waals surface area (Å²) in [6, 6.07) is 21.7. The molecule has 4 heterocycles. The van der Waals surface area contributed by atoms with Crippen LogP contribution >= 0.6 is 35.1 Å². The fourth-order valence-electron chi connectivity index (χ4n) is 5.58. The molecular weight excluding hydrogens is 685 g/mol. The number of hydrogen-bond donors (Lipinski definition) is 2. The van der Waals surface area contributed by atoms with Gasteiger partial charge in [-0.2, -0.15) is 0 Å². The molecule has 43 heavy (non-hydrogen) atoms. The van der Waals surface area contributed by atoms with Crippen LogP contribution in [0.3, 0.4) is 0 Å². The third kappa shape index (κ3) is 9.49. The number of amides is 1. The number of nitrogens with zero attached hydrogens (tertiary/aromatic N) is 1. The average Bonchev–Trinajstić information content (AvgIpc) is 3.38. The van der Waals surface area contributed by atoms with Gasteiger partial charge in [0.1, 0.15) is 6.54 Å². The van der Waals surface area contributed by atoms with Gasteiger partial charge in [0, 0.05) is 18.8 Å². The maximum atomic E-state index is 13.6. The van der Waals surface area contributed by atoms with Crippen LogP contribution in [0.25, 0.3) is 0 Å². The number of thiophene rings is 1. The van der Waals surface area contributed by atoms with Gasteiger partial charge in [-0.15, -0.1) is 11.3 Å². The van der Waals surface area contributed by atoms with Gasteiger partial charge in [0.25, 0.3) is 5.91 Å². The third-order valence-corrected chi connectivity index (χ3v) is 9.27. The largest absolute Gasteiger partial charge is 0.453 e. The Morgan fingerprint density at radius 2 is 1.44 bits per heavy atom. The Hall–Kier alpha value is -2.51. The predicted molar refractivity (Wildman–Crippen MR) is 156 cm³/mol. The number of carbonyl (C=O) groups is 2. The van der Waals surface area contributed by atoms with Crippen molar-refractivity contribution in [3.8, 4) is 0 Å². The number of ether oxygens (including phenoxy) is 1. The van der Waals surface area contributed by atoms with Gasteiger partial charge in [-0.05, 0) is 39.2 Å². The van der Waals surface area contributed by atoms with Crippen LogP contribution in [0.15, 0.2) is 76.6 Å². The fourth-order valence-corrected chi connectivity index (χ4v) is 6.89. The number of halogens is 7. The number of carbonyl (C=O) groups excluding carboxylic acids is 2. The Bertz CT molecular complexity index is 1390. The van der Waals surface area contributed by atoms with Crippen molar-refractivity contribution in [2.24, 2.45) is 5.92 Å². The summed E-state index contributed by atoms with van der Waals surface area (Å²) in [6.07, 6.45) is 1.68. The van der Waals surface area contributed by atoms with Crippen molar-refractivity contribution < 1.29 is 49.1 Å².